The van der Waals surface area contributed by atoms with Crippen molar-refractivity contribution in [1.29, 1.82) is 0 Å². The monoisotopic (exact) mass is 500 g/mol. The maximum absolute atomic E-state index is 12.5. The summed E-state index contributed by atoms with van der Waals surface area (Å²) in [5, 5.41) is 16.2. The quantitative estimate of drug-likeness (QED) is 0.405. The fourth-order valence-electron chi connectivity index (χ4n) is 3.57. The Morgan fingerprint density at radius 1 is 1.20 bits per heavy atom. The molecule has 0 bridgehead atoms. The number of aromatic nitrogens is 3. The van der Waals surface area contributed by atoms with E-state index in [4.69, 9.17) is 4.74 Å². The van der Waals surface area contributed by atoms with E-state index in [2.05, 4.69) is 10.4 Å². The lowest BCUT2D eigenvalue weighted by atomic mass is 10.0. The van der Waals surface area contributed by atoms with Gasteiger partial charge in [-0.25, -0.2) is 14.3 Å². The van der Waals surface area contributed by atoms with Gasteiger partial charge in [0.15, 0.2) is 0 Å². The highest BCUT2D eigenvalue weighted by Crippen LogP contribution is 2.24. The van der Waals surface area contributed by atoms with E-state index >= 15 is 0 Å². The van der Waals surface area contributed by atoms with Gasteiger partial charge >= 0.3 is 17.8 Å². The van der Waals surface area contributed by atoms with Crippen LogP contribution in [0.25, 0.3) is 0 Å². The summed E-state index contributed by atoms with van der Waals surface area (Å²) in [6, 6.07) is 7.08. The Balaban J connectivity index is 2.00. The Bertz CT molecular complexity index is 1130. The molecule has 0 saturated carbocycles. The number of hydrogen-bond acceptors (Lipinski definition) is 6. The highest BCUT2D eigenvalue weighted by Gasteiger charge is 2.34. The number of aliphatic carboxylic acids is 1. The van der Waals surface area contributed by atoms with Gasteiger partial charge < -0.3 is 15.2 Å². The Kier molecular flexibility index (Phi) is 9.49. The first kappa shape index (κ1) is 27.9. The van der Waals surface area contributed by atoms with E-state index in [-0.39, 0.29) is 18.8 Å². The number of halogens is 3. The number of ether oxygens (including phenoxy) is 1. The van der Waals surface area contributed by atoms with Crippen LogP contribution in [0.4, 0.5) is 19.0 Å². The van der Waals surface area contributed by atoms with Gasteiger partial charge in [-0.2, -0.15) is 13.2 Å². The molecule has 9 nitrogen and oxygen atoms in total. The summed E-state index contributed by atoms with van der Waals surface area (Å²) >= 11 is 0. The van der Waals surface area contributed by atoms with E-state index in [1.54, 1.807) is 18.2 Å². The highest BCUT2D eigenvalue weighted by atomic mass is 19.4. The summed E-state index contributed by atoms with van der Waals surface area (Å²) < 4.78 is 44.6. The van der Waals surface area contributed by atoms with Crippen molar-refractivity contribution in [3.8, 4) is 5.75 Å². The first-order chi connectivity index (χ1) is 16.4. The van der Waals surface area contributed by atoms with E-state index in [1.807, 2.05) is 13.0 Å². The number of anilines is 1. The molecule has 1 atom stereocenters. The van der Waals surface area contributed by atoms with Crippen LogP contribution in [0.2, 0.25) is 0 Å². The normalized spacial score (nSPS) is 13.3. The number of rotatable bonds is 13. The second-order valence-electron chi connectivity index (χ2n) is 8.50. The molecule has 2 N–H and O–H groups in total. The molecule has 0 radical (unpaired) electrons. The molecular formula is C23H31F3N4O5. The summed E-state index contributed by atoms with van der Waals surface area (Å²) in [5.41, 5.74) is -1.99. The van der Waals surface area contributed by atoms with Crippen molar-refractivity contribution in [2.24, 2.45) is 7.05 Å². The molecule has 1 unspecified atom stereocenters. The summed E-state index contributed by atoms with van der Waals surface area (Å²) in [5.74, 6) is -0.717. The molecule has 0 spiro atoms. The van der Waals surface area contributed by atoms with E-state index in [1.165, 1.54) is 14.0 Å². The Labute approximate surface area is 200 Å². The number of carbonyl (C=O) groups is 1. The molecule has 0 saturated heterocycles. The zero-order valence-corrected chi connectivity index (χ0v) is 20.0. The van der Waals surface area contributed by atoms with Crippen LogP contribution in [0.1, 0.15) is 51.5 Å². The molecule has 35 heavy (non-hydrogen) atoms. The molecule has 194 valence electrons. The van der Waals surface area contributed by atoms with Crippen molar-refractivity contribution in [2.45, 2.75) is 70.7 Å². The van der Waals surface area contributed by atoms with Crippen molar-refractivity contribution in [3.63, 3.8) is 0 Å². The SMILES string of the molecule is CCCC(C)(Oc1cccc(CCCNc2nn(C)c(=O)n(CCCC(F)(F)F)c2=O)c1)C(=O)O. The number of nitrogens with zero attached hydrogens (tertiary/aromatic N) is 3. The second-order valence-corrected chi connectivity index (χ2v) is 8.50. The fraction of sp³-hybridized carbons (Fsp3) is 0.565. The zero-order valence-electron chi connectivity index (χ0n) is 20.0. The molecule has 1 aromatic heterocycles. The molecule has 0 aliphatic carbocycles. The van der Waals surface area contributed by atoms with Gasteiger partial charge in [0.1, 0.15) is 5.75 Å². The van der Waals surface area contributed by atoms with Crippen LogP contribution in [0.3, 0.4) is 0 Å². The predicted molar refractivity (Wildman–Crippen MR) is 124 cm³/mol. The molecule has 0 aliphatic rings. The Hall–Kier alpha value is -3.31. The molecule has 0 aliphatic heterocycles. The fourth-order valence-corrected chi connectivity index (χ4v) is 3.57. The van der Waals surface area contributed by atoms with Gasteiger partial charge in [0.05, 0.1) is 0 Å². The molecule has 1 aromatic carbocycles. The van der Waals surface area contributed by atoms with Crippen molar-refractivity contribution in [2.75, 3.05) is 11.9 Å². The maximum Gasteiger partial charge on any atom is 0.389 e. The molecule has 2 aromatic rings. The Morgan fingerprint density at radius 3 is 2.54 bits per heavy atom. The average Bonchev–Trinajstić information content (AvgIpc) is 2.76. The van der Waals surface area contributed by atoms with Gasteiger partial charge in [-0.05, 0) is 50.3 Å². The van der Waals surface area contributed by atoms with Crippen LogP contribution < -0.4 is 21.3 Å². The molecule has 12 heteroatoms. The molecule has 0 fully saturated rings. The van der Waals surface area contributed by atoms with Crippen molar-refractivity contribution < 1.29 is 27.8 Å². The minimum atomic E-state index is -4.37. The van der Waals surface area contributed by atoms with E-state index < -0.39 is 35.4 Å². The maximum atomic E-state index is 12.5. The zero-order chi connectivity index (χ0) is 26.2. The van der Waals surface area contributed by atoms with E-state index in [0.29, 0.717) is 38.0 Å². The lowest BCUT2D eigenvalue weighted by molar-refractivity contribution is -0.154. The second kappa shape index (κ2) is 11.9. The van der Waals surface area contributed by atoms with Crippen LogP contribution >= 0.6 is 0 Å². The molecule has 0 amide bonds. The lowest BCUT2D eigenvalue weighted by Gasteiger charge is -2.26. The van der Waals surface area contributed by atoms with Gasteiger partial charge in [0, 0.05) is 26.6 Å². The number of aryl methyl sites for hydroxylation is 2. The summed E-state index contributed by atoms with van der Waals surface area (Å²) in [7, 11) is 1.32. The van der Waals surface area contributed by atoms with Crippen LogP contribution in [0.15, 0.2) is 33.9 Å². The van der Waals surface area contributed by atoms with Gasteiger partial charge in [-0.15, -0.1) is 5.10 Å². The third-order valence-electron chi connectivity index (χ3n) is 5.40. The number of nitrogens with one attached hydrogen (secondary N) is 1. The number of hydrogen-bond donors (Lipinski definition) is 2. The van der Waals surface area contributed by atoms with Gasteiger partial charge in [0.2, 0.25) is 11.4 Å². The van der Waals surface area contributed by atoms with Gasteiger partial charge in [-0.3, -0.25) is 9.36 Å². The van der Waals surface area contributed by atoms with Crippen molar-refractivity contribution >= 4 is 11.8 Å². The standard InChI is InChI=1S/C23H31F3N4O5/c1-4-11-22(2,20(32)33)35-17-10-5-8-16(15-17)9-6-13-27-18-19(31)30(21(34)29(3)28-18)14-7-12-23(24,25)26/h5,8,10,15H,4,6-7,9,11-14H2,1-3H3,(H,27,28)(H,32,33). The minimum Gasteiger partial charge on any atom is -0.478 e. The largest absolute Gasteiger partial charge is 0.478 e. The van der Waals surface area contributed by atoms with Crippen LogP contribution in [-0.2, 0) is 24.8 Å². The van der Waals surface area contributed by atoms with Crippen molar-refractivity contribution in [1.82, 2.24) is 14.3 Å². The first-order valence-electron chi connectivity index (χ1n) is 11.4. The van der Waals surface area contributed by atoms with Crippen LogP contribution in [0.5, 0.6) is 5.75 Å². The number of carboxylic acids is 1. The molecule has 1 heterocycles. The smallest absolute Gasteiger partial charge is 0.389 e. The lowest BCUT2D eigenvalue weighted by Crippen LogP contribution is -2.42. The number of benzene rings is 1. The third-order valence-corrected chi connectivity index (χ3v) is 5.40. The van der Waals surface area contributed by atoms with Gasteiger partial charge in [-0.1, -0.05) is 25.5 Å². The third kappa shape index (κ3) is 8.15. The summed E-state index contributed by atoms with van der Waals surface area (Å²) in [6.45, 7) is 3.37. The van der Waals surface area contributed by atoms with Gasteiger partial charge in [0.25, 0.3) is 5.56 Å². The van der Waals surface area contributed by atoms with E-state index in [0.717, 1.165) is 14.8 Å². The minimum absolute atomic E-state index is 0.118. The molecular weight excluding hydrogens is 469 g/mol. The number of carboxylic acid groups (broad SMARTS) is 1. The van der Waals surface area contributed by atoms with Crippen LogP contribution in [-0.4, -0.2) is 43.7 Å². The molecule has 2 rings (SSSR count). The van der Waals surface area contributed by atoms with Crippen LogP contribution in [0, 0.1) is 0 Å². The topological polar surface area (TPSA) is 115 Å². The summed E-state index contributed by atoms with van der Waals surface area (Å²) in [6.07, 6.45) is -3.71. The predicted octanol–water partition coefficient (Wildman–Crippen LogP) is 3.35. The summed E-state index contributed by atoms with van der Waals surface area (Å²) in [4.78, 5) is 36.3. The average molecular weight is 501 g/mol. The first-order valence-corrected chi connectivity index (χ1v) is 11.4. The Morgan fingerprint density at radius 2 is 1.91 bits per heavy atom. The van der Waals surface area contributed by atoms with Crippen molar-refractivity contribution in [3.05, 3.63) is 50.7 Å². The van der Waals surface area contributed by atoms with E-state index in [9.17, 15) is 32.7 Å². The number of alkyl halides is 3. The highest BCUT2D eigenvalue weighted by molar-refractivity contribution is 5.77.